The van der Waals surface area contributed by atoms with Gasteiger partial charge in [-0.25, -0.2) is 0 Å². The van der Waals surface area contributed by atoms with E-state index in [1.165, 1.54) is 0 Å². The van der Waals surface area contributed by atoms with Crippen molar-refractivity contribution < 1.29 is 56.5 Å². The molecule has 1 heterocycles. The van der Waals surface area contributed by atoms with Crippen molar-refractivity contribution in [3.05, 3.63) is 36.7 Å². The van der Waals surface area contributed by atoms with E-state index in [4.69, 9.17) is 5.11 Å². The van der Waals surface area contributed by atoms with Gasteiger partial charge in [0.05, 0.1) is 0 Å². The fourth-order valence-electron chi connectivity index (χ4n) is 0.450. The van der Waals surface area contributed by atoms with Crippen molar-refractivity contribution in [3.8, 4) is 0 Å². The minimum atomic E-state index is 0. The van der Waals surface area contributed by atoms with Crippen LogP contribution in [0, 0.1) is 6.61 Å². The number of hydrogen-bond acceptors (Lipinski definition) is 2. The molecule has 0 aliphatic rings. The predicted octanol–water partition coefficient (Wildman–Crippen LogP) is -2.03. The monoisotopic (exact) mass is 147 g/mol. The van der Waals surface area contributed by atoms with Gasteiger partial charge in [-0.2, -0.15) is 5.56 Å². The van der Waals surface area contributed by atoms with Crippen LogP contribution < -0.4 is 51.4 Å². The second-order valence-corrected chi connectivity index (χ2v) is 1.41. The summed E-state index contributed by atoms with van der Waals surface area (Å²) in [6.45, 7) is 1.04. The van der Waals surface area contributed by atoms with Crippen molar-refractivity contribution in [2.24, 2.45) is 0 Å². The van der Waals surface area contributed by atoms with E-state index in [0.29, 0.717) is 0 Å². The summed E-state index contributed by atoms with van der Waals surface area (Å²) in [7, 11) is 0. The summed E-state index contributed by atoms with van der Waals surface area (Å²) in [5.41, 5.74) is 0.778. The molecule has 3 heteroatoms. The van der Waals surface area contributed by atoms with Gasteiger partial charge in [-0.05, 0) is 12.4 Å². The summed E-state index contributed by atoms with van der Waals surface area (Å²) in [4.78, 5) is 3.76. The van der Waals surface area contributed by atoms with Crippen molar-refractivity contribution in [2.45, 2.75) is 0 Å². The Labute approximate surface area is 96.7 Å². The van der Waals surface area contributed by atoms with Crippen molar-refractivity contribution in [2.75, 3.05) is 0 Å². The molecule has 0 fully saturated rings. The maximum Gasteiger partial charge on any atom is 1.00 e. The molecule has 1 N–H and O–H groups in total. The fourth-order valence-corrected chi connectivity index (χ4v) is 0.450. The number of aliphatic hydroxyl groups is 1. The molecule has 0 radical (unpaired) electrons. The zero-order valence-corrected chi connectivity index (χ0v) is 8.40. The first-order chi connectivity index (χ1) is 3.93. The van der Waals surface area contributed by atoms with Crippen LogP contribution in [0.4, 0.5) is 0 Å². The minimum absolute atomic E-state index is 0. The minimum Gasteiger partial charge on any atom is -0.429 e. The van der Waals surface area contributed by atoms with E-state index in [9.17, 15) is 0 Å². The van der Waals surface area contributed by atoms with Gasteiger partial charge in [-0.1, -0.05) is 6.61 Å². The number of nitrogens with zero attached hydrogens (tertiary/aromatic N) is 1. The number of aliphatic hydroxyl groups excluding tert-OH is 1. The Morgan fingerprint density at radius 1 is 1.33 bits per heavy atom. The molecule has 0 amide bonds. The van der Waals surface area contributed by atoms with Gasteiger partial charge in [0.1, 0.15) is 0 Å². The average molecular weight is 147 g/mol. The molecule has 0 aromatic carbocycles. The molecule has 0 aliphatic heterocycles. The summed E-state index contributed by atoms with van der Waals surface area (Å²) in [5.74, 6) is 0. The van der Waals surface area contributed by atoms with E-state index >= 15 is 0 Å². The molecule has 0 spiro atoms. The standard InChI is InChI=1S/C6H6NO.K/c8-5-6-1-3-7-4-2-6;/h1-5,8H;/q-1;+1. The Kier molecular flexibility index (Phi) is 5.78. The largest absolute Gasteiger partial charge is 1.00 e. The van der Waals surface area contributed by atoms with Gasteiger partial charge in [0.25, 0.3) is 0 Å². The molecular weight excluding hydrogens is 141 g/mol. The first kappa shape index (κ1) is 9.62. The summed E-state index contributed by atoms with van der Waals surface area (Å²) < 4.78 is 0. The molecule has 2 nitrogen and oxygen atoms in total. The Hall–Kier alpha value is 0.616. The van der Waals surface area contributed by atoms with Crippen molar-refractivity contribution in [1.29, 1.82) is 0 Å². The SMILES string of the molecule is O[CH-]c1ccncc1.[K+]. The summed E-state index contributed by atoms with van der Waals surface area (Å²) in [5, 5.41) is 8.38. The molecule has 42 valence electrons. The molecule has 1 aromatic heterocycles. The summed E-state index contributed by atoms with van der Waals surface area (Å²) >= 11 is 0. The molecule has 9 heavy (non-hydrogen) atoms. The van der Waals surface area contributed by atoms with Crippen molar-refractivity contribution in [3.63, 3.8) is 0 Å². The van der Waals surface area contributed by atoms with Gasteiger partial charge in [0, 0.05) is 0 Å². The van der Waals surface area contributed by atoms with Crippen LogP contribution in [0.25, 0.3) is 0 Å². The first-order valence-corrected chi connectivity index (χ1v) is 2.31. The summed E-state index contributed by atoms with van der Waals surface area (Å²) in [6, 6.07) is 3.44. The van der Waals surface area contributed by atoms with Crippen LogP contribution in [-0.4, -0.2) is 10.1 Å². The predicted molar refractivity (Wildman–Crippen MR) is 29.6 cm³/mol. The first-order valence-electron chi connectivity index (χ1n) is 2.31. The van der Waals surface area contributed by atoms with Gasteiger partial charge >= 0.3 is 51.4 Å². The molecule has 1 aromatic rings. The molecule has 0 aliphatic carbocycles. The van der Waals surface area contributed by atoms with E-state index < -0.39 is 0 Å². The zero-order valence-electron chi connectivity index (χ0n) is 5.28. The van der Waals surface area contributed by atoms with Crippen LogP contribution in [0.15, 0.2) is 24.5 Å². The normalized spacial score (nSPS) is 7.67. The maximum absolute atomic E-state index is 8.38. The third kappa shape index (κ3) is 3.35. The smallest absolute Gasteiger partial charge is 0.429 e. The van der Waals surface area contributed by atoms with E-state index in [1.807, 2.05) is 0 Å². The zero-order chi connectivity index (χ0) is 5.82. The number of hydrogen-bond donors (Lipinski definition) is 1. The molecule has 0 saturated carbocycles. The van der Waals surface area contributed by atoms with E-state index in [2.05, 4.69) is 4.98 Å². The Balaban J connectivity index is 0.000000640. The van der Waals surface area contributed by atoms with Gasteiger partial charge < -0.3 is 5.11 Å². The van der Waals surface area contributed by atoms with Gasteiger partial charge in [-0.15, -0.1) is 12.1 Å². The fraction of sp³-hybridized carbons (Fsp3) is 0. The number of pyridine rings is 1. The third-order valence-corrected chi connectivity index (χ3v) is 0.855. The molecule has 1 rings (SSSR count). The quantitative estimate of drug-likeness (QED) is 0.367. The molecule has 0 unspecified atom stereocenters. The summed E-state index contributed by atoms with van der Waals surface area (Å²) in [6.07, 6.45) is 3.25. The second kappa shape index (κ2) is 5.41. The van der Waals surface area contributed by atoms with Crippen LogP contribution >= 0.6 is 0 Å². The van der Waals surface area contributed by atoms with Crippen LogP contribution in [-0.2, 0) is 0 Å². The average Bonchev–Trinajstić information content (AvgIpc) is 1.90. The molecule has 0 bridgehead atoms. The number of aromatic nitrogens is 1. The van der Waals surface area contributed by atoms with Crippen molar-refractivity contribution in [1.82, 2.24) is 4.98 Å². The van der Waals surface area contributed by atoms with Gasteiger partial charge in [-0.3, -0.25) is 4.98 Å². The van der Waals surface area contributed by atoms with Gasteiger partial charge in [0.2, 0.25) is 0 Å². The van der Waals surface area contributed by atoms with E-state index in [-0.39, 0.29) is 51.4 Å². The van der Waals surface area contributed by atoms with Crippen molar-refractivity contribution >= 4 is 0 Å². The molecule has 0 atom stereocenters. The third-order valence-electron chi connectivity index (χ3n) is 0.855. The Morgan fingerprint density at radius 2 is 1.89 bits per heavy atom. The molecular formula is C6H6KNO. The van der Waals surface area contributed by atoms with Crippen LogP contribution in [0.1, 0.15) is 5.56 Å². The van der Waals surface area contributed by atoms with E-state index in [0.717, 1.165) is 12.2 Å². The van der Waals surface area contributed by atoms with Gasteiger partial charge in [0.15, 0.2) is 0 Å². The van der Waals surface area contributed by atoms with E-state index in [1.54, 1.807) is 24.5 Å². The topological polar surface area (TPSA) is 33.1 Å². The maximum atomic E-state index is 8.38. The second-order valence-electron chi connectivity index (χ2n) is 1.41. The Morgan fingerprint density at radius 3 is 2.22 bits per heavy atom. The Bertz CT molecular complexity index is 154. The van der Waals surface area contributed by atoms with Crippen LogP contribution in [0.5, 0.6) is 0 Å². The molecule has 0 saturated heterocycles. The van der Waals surface area contributed by atoms with Crippen LogP contribution in [0.2, 0.25) is 0 Å². The number of rotatable bonds is 1. The van der Waals surface area contributed by atoms with Crippen LogP contribution in [0.3, 0.4) is 0 Å².